The Balaban J connectivity index is 2.20. The fourth-order valence-corrected chi connectivity index (χ4v) is 2.29. The molecule has 124 valence electrons. The van der Waals surface area contributed by atoms with Crippen LogP contribution >= 0.6 is 0 Å². The largest absolute Gasteiger partial charge is 0.399 e. The lowest BCUT2D eigenvalue weighted by Crippen LogP contribution is -2.45. The van der Waals surface area contributed by atoms with E-state index in [1.165, 1.54) is 24.9 Å². The highest BCUT2D eigenvalue weighted by Crippen LogP contribution is 2.18. The Hall–Kier alpha value is -3.15. The van der Waals surface area contributed by atoms with Gasteiger partial charge < -0.3 is 10.6 Å². The number of carbonyl (C=O) groups excluding carboxylic acids is 3. The first-order valence-electron chi connectivity index (χ1n) is 7.39. The van der Waals surface area contributed by atoms with Crippen molar-refractivity contribution in [3.8, 4) is 0 Å². The van der Waals surface area contributed by atoms with Gasteiger partial charge in [0.25, 0.3) is 0 Å². The van der Waals surface area contributed by atoms with Gasteiger partial charge in [0.05, 0.1) is 5.69 Å². The average Bonchev–Trinajstić information content (AvgIpc) is 2.54. The second kappa shape index (κ2) is 7.41. The minimum atomic E-state index is -0.911. The van der Waals surface area contributed by atoms with Crippen LogP contribution in [0.4, 0.5) is 11.4 Å². The lowest BCUT2D eigenvalue weighted by atomic mass is 10.2. The van der Waals surface area contributed by atoms with Crippen molar-refractivity contribution in [2.45, 2.75) is 13.5 Å². The van der Waals surface area contributed by atoms with E-state index in [4.69, 9.17) is 5.73 Å². The quantitative estimate of drug-likeness (QED) is 0.689. The van der Waals surface area contributed by atoms with E-state index in [1.807, 2.05) is 30.3 Å². The third-order valence-electron chi connectivity index (χ3n) is 3.44. The number of nitrogens with zero attached hydrogens (tertiary/aromatic N) is 2. The number of imide groups is 1. The van der Waals surface area contributed by atoms with Gasteiger partial charge in [-0.1, -0.05) is 36.4 Å². The Kier molecular flexibility index (Phi) is 5.31. The van der Waals surface area contributed by atoms with Crippen molar-refractivity contribution < 1.29 is 14.4 Å². The monoisotopic (exact) mass is 325 g/mol. The molecule has 0 bridgehead atoms. The number of anilines is 2. The SMILES string of the molecule is CC(=O)N(C(=O)C(=O)N(C)Cc1ccccc1)c1cccc(N)c1. The normalized spacial score (nSPS) is 10.1. The van der Waals surface area contributed by atoms with Crippen molar-refractivity contribution in [3.63, 3.8) is 0 Å². The lowest BCUT2D eigenvalue weighted by molar-refractivity contribution is -0.145. The van der Waals surface area contributed by atoms with Gasteiger partial charge >= 0.3 is 11.8 Å². The Morgan fingerprint density at radius 1 is 0.958 bits per heavy atom. The van der Waals surface area contributed by atoms with Crippen molar-refractivity contribution in [3.05, 3.63) is 60.2 Å². The molecule has 0 aliphatic rings. The van der Waals surface area contributed by atoms with E-state index in [0.29, 0.717) is 5.69 Å². The molecule has 0 aliphatic carbocycles. The van der Waals surface area contributed by atoms with E-state index < -0.39 is 17.7 Å². The average molecular weight is 325 g/mol. The van der Waals surface area contributed by atoms with Crippen LogP contribution in [-0.2, 0) is 20.9 Å². The summed E-state index contributed by atoms with van der Waals surface area (Å²) in [5.41, 5.74) is 7.25. The number of amides is 3. The summed E-state index contributed by atoms with van der Waals surface area (Å²) in [5, 5.41) is 0. The van der Waals surface area contributed by atoms with E-state index >= 15 is 0 Å². The highest BCUT2D eigenvalue weighted by atomic mass is 16.2. The third-order valence-corrected chi connectivity index (χ3v) is 3.44. The number of nitrogen functional groups attached to an aromatic ring is 1. The number of benzene rings is 2. The molecule has 24 heavy (non-hydrogen) atoms. The second-order valence-electron chi connectivity index (χ2n) is 5.40. The molecule has 0 aliphatic heterocycles. The minimum Gasteiger partial charge on any atom is -0.399 e. The number of hydrogen-bond acceptors (Lipinski definition) is 4. The molecule has 0 saturated carbocycles. The fraction of sp³-hybridized carbons (Fsp3) is 0.167. The first-order valence-corrected chi connectivity index (χ1v) is 7.39. The van der Waals surface area contributed by atoms with Crippen LogP contribution in [0.3, 0.4) is 0 Å². The number of nitrogens with two attached hydrogens (primary N) is 1. The summed E-state index contributed by atoms with van der Waals surface area (Å²) in [7, 11) is 1.52. The first-order chi connectivity index (χ1) is 11.4. The molecule has 2 N–H and O–H groups in total. The molecular formula is C18H19N3O3. The molecular weight excluding hydrogens is 306 g/mol. The van der Waals surface area contributed by atoms with Crippen molar-refractivity contribution >= 4 is 29.1 Å². The zero-order valence-electron chi connectivity index (χ0n) is 13.6. The van der Waals surface area contributed by atoms with Crippen molar-refractivity contribution in [1.29, 1.82) is 0 Å². The smallest absolute Gasteiger partial charge is 0.323 e. The van der Waals surface area contributed by atoms with E-state index in [9.17, 15) is 14.4 Å². The Morgan fingerprint density at radius 2 is 1.62 bits per heavy atom. The third kappa shape index (κ3) is 3.98. The summed E-state index contributed by atoms with van der Waals surface area (Å²) in [6, 6.07) is 15.6. The molecule has 6 heteroatoms. The molecule has 0 unspecified atom stereocenters. The standard InChI is InChI=1S/C18H19N3O3/c1-13(22)21(16-10-6-9-15(19)11-16)18(24)17(23)20(2)12-14-7-4-3-5-8-14/h3-11H,12,19H2,1-2H3. The number of hydrogen-bond donors (Lipinski definition) is 1. The molecule has 0 spiro atoms. The van der Waals surface area contributed by atoms with E-state index in [-0.39, 0.29) is 12.2 Å². The van der Waals surface area contributed by atoms with Gasteiger partial charge in [-0.05, 0) is 23.8 Å². The molecule has 0 heterocycles. The van der Waals surface area contributed by atoms with Gasteiger partial charge in [-0.25, -0.2) is 4.90 Å². The highest BCUT2D eigenvalue weighted by Gasteiger charge is 2.29. The van der Waals surface area contributed by atoms with Gasteiger partial charge in [0.1, 0.15) is 0 Å². The van der Waals surface area contributed by atoms with Gasteiger partial charge in [-0.15, -0.1) is 0 Å². The molecule has 2 aromatic carbocycles. The molecule has 0 atom stereocenters. The van der Waals surface area contributed by atoms with Crippen LogP contribution in [0.5, 0.6) is 0 Å². The van der Waals surface area contributed by atoms with Crippen LogP contribution in [0.15, 0.2) is 54.6 Å². The topological polar surface area (TPSA) is 83.7 Å². The molecule has 2 rings (SSSR count). The van der Waals surface area contributed by atoms with Gasteiger partial charge in [0.2, 0.25) is 5.91 Å². The maximum Gasteiger partial charge on any atom is 0.323 e. The molecule has 2 aromatic rings. The van der Waals surface area contributed by atoms with Crippen molar-refractivity contribution in [1.82, 2.24) is 4.90 Å². The van der Waals surface area contributed by atoms with Gasteiger partial charge in [0, 0.05) is 26.2 Å². The number of likely N-dealkylation sites (N-methyl/N-ethyl adjacent to an activating group) is 1. The summed E-state index contributed by atoms with van der Waals surface area (Å²) < 4.78 is 0. The predicted octanol–water partition coefficient (Wildman–Crippen LogP) is 1.81. The second-order valence-corrected chi connectivity index (χ2v) is 5.40. The van der Waals surface area contributed by atoms with Crippen LogP contribution in [0, 0.1) is 0 Å². The summed E-state index contributed by atoms with van der Waals surface area (Å²) in [6.45, 7) is 1.50. The fourth-order valence-electron chi connectivity index (χ4n) is 2.29. The maximum atomic E-state index is 12.5. The zero-order valence-corrected chi connectivity index (χ0v) is 13.6. The van der Waals surface area contributed by atoms with E-state index in [2.05, 4.69) is 0 Å². The molecule has 0 fully saturated rings. The Morgan fingerprint density at radius 3 is 2.21 bits per heavy atom. The van der Waals surface area contributed by atoms with Gasteiger partial charge in [0.15, 0.2) is 0 Å². The number of carbonyl (C=O) groups is 3. The lowest BCUT2D eigenvalue weighted by Gasteiger charge is -2.23. The van der Waals surface area contributed by atoms with Crippen molar-refractivity contribution in [2.75, 3.05) is 17.7 Å². The summed E-state index contributed by atoms with van der Waals surface area (Å²) in [5.74, 6) is -2.23. The molecule has 0 aromatic heterocycles. The van der Waals surface area contributed by atoms with E-state index in [0.717, 1.165) is 10.5 Å². The van der Waals surface area contributed by atoms with E-state index in [1.54, 1.807) is 18.2 Å². The minimum absolute atomic E-state index is 0.272. The first kappa shape index (κ1) is 17.2. The van der Waals surface area contributed by atoms with Crippen molar-refractivity contribution in [2.24, 2.45) is 0 Å². The maximum absolute atomic E-state index is 12.5. The van der Waals surface area contributed by atoms with Crippen LogP contribution in [-0.4, -0.2) is 29.7 Å². The van der Waals surface area contributed by atoms with Gasteiger partial charge in [-0.3, -0.25) is 14.4 Å². The Labute approximate surface area is 140 Å². The molecule has 3 amide bonds. The summed E-state index contributed by atoms with van der Waals surface area (Å²) >= 11 is 0. The van der Waals surface area contributed by atoms with Gasteiger partial charge in [-0.2, -0.15) is 0 Å². The van der Waals surface area contributed by atoms with Crippen LogP contribution in [0.1, 0.15) is 12.5 Å². The summed E-state index contributed by atoms with van der Waals surface area (Å²) in [4.78, 5) is 38.9. The summed E-state index contributed by atoms with van der Waals surface area (Å²) in [6.07, 6.45) is 0. The van der Waals surface area contributed by atoms with Crippen LogP contribution < -0.4 is 10.6 Å². The number of rotatable bonds is 3. The Bertz CT molecular complexity index is 759. The zero-order chi connectivity index (χ0) is 17.7. The molecule has 0 radical (unpaired) electrons. The van der Waals surface area contributed by atoms with Crippen LogP contribution in [0.25, 0.3) is 0 Å². The molecule has 6 nitrogen and oxygen atoms in total. The predicted molar refractivity (Wildman–Crippen MR) is 91.9 cm³/mol. The van der Waals surface area contributed by atoms with Crippen LogP contribution in [0.2, 0.25) is 0 Å². The molecule has 0 saturated heterocycles. The highest BCUT2D eigenvalue weighted by molar-refractivity contribution is 6.45.